The fourth-order valence-electron chi connectivity index (χ4n) is 11.3. The second kappa shape index (κ2) is 16.4. The fourth-order valence-corrected chi connectivity index (χ4v) is 12.0. The Morgan fingerprint density at radius 3 is 2.38 bits per heavy atom. The second-order valence-corrected chi connectivity index (χ2v) is 18.0. The van der Waals surface area contributed by atoms with Crippen LogP contribution >= 0.6 is 25.3 Å². The molecule has 7 nitrogen and oxygen atoms in total. The number of amidine groups is 1. The van der Waals surface area contributed by atoms with Crippen molar-refractivity contribution in [1.29, 1.82) is 5.41 Å². The number of rotatable bonds is 17. The molecule has 3 saturated carbocycles. The molecule has 5 N–H and O–H groups in total. The maximum absolute atomic E-state index is 14.0. The fraction of sp³-hybridized carbons (Fsp3) is 0.846. The van der Waals surface area contributed by atoms with Gasteiger partial charge in [0.2, 0.25) is 11.0 Å². The average Bonchev–Trinajstić information content (AvgIpc) is 3.37. The van der Waals surface area contributed by atoms with E-state index in [0.29, 0.717) is 36.6 Å². The summed E-state index contributed by atoms with van der Waals surface area (Å²) in [6.45, 7) is 15.0. The monoisotopic (exact) mass is 702 g/mol. The van der Waals surface area contributed by atoms with Crippen molar-refractivity contribution in [3.8, 4) is 0 Å². The summed E-state index contributed by atoms with van der Waals surface area (Å²) in [5, 5.41) is 13.0. The van der Waals surface area contributed by atoms with Crippen molar-refractivity contribution in [2.24, 2.45) is 63.4 Å². The number of carbonyl (C=O) groups excluding carboxylic acids is 3. The zero-order valence-electron chi connectivity index (χ0n) is 30.7. The van der Waals surface area contributed by atoms with Crippen LogP contribution in [0, 0.1) is 63.1 Å². The third-order valence-electron chi connectivity index (χ3n) is 14.0. The molecule has 4 aliphatic rings. The summed E-state index contributed by atoms with van der Waals surface area (Å²) in [4.78, 5) is 39.9. The number of fused-ring (bicyclic) bond motifs is 5. The van der Waals surface area contributed by atoms with Crippen molar-refractivity contribution in [3.05, 3.63) is 11.6 Å². The Balaban J connectivity index is 1.49. The zero-order valence-corrected chi connectivity index (χ0v) is 32.5. The van der Waals surface area contributed by atoms with Crippen molar-refractivity contribution in [2.45, 2.75) is 137 Å². The molecule has 48 heavy (non-hydrogen) atoms. The lowest BCUT2D eigenvalue weighted by Gasteiger charge is -2.59. The van der Waals surface area contributed by atoms with Gasteiger partial charge < -0.3 is 16.4 Å². The Bertz CT molecular complexity index is 1220. The number of thiol groups is 2. The molecular weight excluding hydrogens is 637 g/mol. The van der Waals surface area contributed by atoms with Crippen LogP contribution in [0.2, 0.25) is 0 Å². The Hall–Kier alpha value is -1.32. The van der Waals surface area contributed by atoms with Gasteiger partial charge in [-0.15, -0.1) is 25.3 Å². The van der Waals surface area contributed by atoms with E-state index >= 15 is 0 Å². The van der Waals surface area contributed by atoms with E-state index in [2.05, 4.69) is 76.6 Å². The quantitative estimate of drug-likeness (QED) is 0.0231. The molecule has 10 atom stereocenters. The highest BCUT2D eigenvalue weighted by Crippen LogP contribution is 2.68. The molecule has 9 heteroatoms. The van der Waals surface area contributed by atoms with Crippen molar-refractivity contribution >= 4 is 47.2 Å². The third-order valence-corrected chi connectivity index (χ3v) is 14.5. The Labute approximate surface area is 302 Å². The van der Waals surface area contributed by atoms with E-state index < -0.39 is 21.6 Å². The first-order valence-corrected chi connectivity index (χ1v) is 20.0. The summed E-state index contributed by atoms with van der Waals surface area (Å²) in [7, 11) is 0. The minimum atomic E-state index is -1.57. The summed E-state index contributed by atoms with van der Waals surface area (Å²) in [6, 6.07) is -0.258. The smallest absolute Gasteiger partial charge is 0.235 e. The molecular formula is C39H66N4O3S2. The summed E-state index contributed by atoms with van der Waals surface area (Å²) in [6.07, 6.45) is 16.5. The minimum Gasteiger partial charge on any atom is -0.386 e. The summed E-state index contributed by atoms with van der Waals surface area (Å²) in [5.41, 5.74) is 6.02. The van der Waals surface area contributed by atoms with Gasteiger partial charge in [0, 0.05) is 19.5 Å². The van der Waals surface area contributed by atoms with E-state index in [4.69, 9.17) is 11.1 Å². The van der Waals surface area contributed by atoms with Crippen molar-refractivity contribution in [1.82, 2.24) is 10.6 Å². The minimum absolute atomic E-state index is 0.0550. The lowest BCUT2D eigenvalue weighted by molar-refractivity contribution is -0.146. The highest BCUT2D eigenvalue weighted by atomic mass is 32.1. The molecule has 0 radical (unpaired) electrons. The molecule has 0 bridgehead atoms. The average molecular weight is 703 g/mol. The number of amides is 1. The number of carbonyl (C=O) groups is 3. The van der Waals surface area contributed by atoms with Crippen LogP contribution in [0.15, 0.2) is 11.6 Å². The zero-order chi connectivity index (χ0) is 35.4. The largest absolute Gasteiger partial charge is 0.386 e. The van der Waals surface area contributed by atoms with E-state index in [1.807, 2.05) is 6.92 Å². The van der Waals surface area contributed by atoms with E-state index in [0.717, 1.165) is 49.4 Å². The van der Waals surface area contributed by atoms with Crippen LogP contribution in [-0.2, 0) is 14.4 Å². The highest BCUT2D eigenvalue weighted by molar-refractivity contribution is 7.97. The van der Waals surface area contributed by atoms with Gasteiger partial charge in [-0.1, -0.05) is 78.9 Å². The first-order chi connectivity index (χ1) is 22.6. The summed E-state index contributed by atoms with van der Waals surface area (Å²) >= 11 is 8.36. The Morgan fingerprint density at radius 2 is 1.75 bits per heavy atom. The number of nitrogens with one attached hydrogen (secondary N) is 3. The standard InChI is InChI=1S/C39H66N4O3S2/c1-7-9-32(34(40)41)42-20-21-43-35(45)39(36(46)48,23-33(44)47)27-16-18-37(5)26(22-27)12-13-28-30-15-14-29(25(4)11-8-10-24(2)3)38(30,6)19-17-31(28)37/h12,24-25,27-32,42H,7-11,13-23H2,1-6H3,(H3,40,41)(H,43,45)(H,44,47)(H,46,48)/t25-,27?,28?,29-,30?,31?,32?,37+,38-,39?/m1/s1. The van der Waals surface area contributed by atoms with E-state index in [-0.39, 0.29) is 36.2 Å². The van der Waals surface area contributed by atoms with E-state index in [1.165, 1.54) is 50.5 Å². The molecule has 0 saturated heterocycles. The van der Waals surface area contributed by atoms with Crippen molar-refractivity contribution < 1.29 is 14.4 Å². The normalized spacial score (nSPS) is 33.8. The molecule has 0 aromatic heterocycles. The van der Waals surface area contributed by atoms with Gasteiger partial charge in [-0.2, -0.15) is 0 Å². The number of hydrogen-bond donors (Lipinski definition) is 6. The van der Waals surface area contributed by atoms with Crippen LogP contribution in [0.1, 0.15) is 131 Å². The van der Waals surface area contributed by atoms with Crippen LogP contribution in [0.3, 0.4) is 0 Å². The second-order valence-electron chi connectivity index (χ2n) is 17.1. The molecule has 3 fully saturated rings. The maximum atomic E-state index is 14.0. The van der Waals surface area contributed by atoms with Crippen LogP contribution in [0.5, 0.6) is 0 Å². The molecule has 1 amide bonds. The third kappa shape index (κ3) is 7.93. The molecule has 0 spiro atoms. The lowest BCUT2D eigenvalue weighted by Crippen LogP contribution is -2.55. The van der Waals surface area contributed by atoms with Crippen LogP contribution in [-0.4, -0.2) is 41.1 Å². The topological polar surface area (TPSA) is 125 Å². The van der Waals surface area contributed by atoms with Gasteiger partial charge in [-0.3, -0.25) is 19.8 Å². The molecule has 0 aromatic carbocycles. The van der Waals surface area contributed by atoms with Gasteiger partial charge in [0.15, 0.2) is 5.12 Å². The SMILES string of the molecule is CCCC(NCCNC(=O)C(CC(=O)S)(C(=O)S)C1CC[C@@]2(C)C(=CCC3C2CC[C@@]2(C)C3CC[C@@H]2[C@H](C)CCCC(C)C)C1)C(=N)N. The lowest BCUT2D eigenvalue weighted by atomic mass is 9.45. The predicted molar refractivity (Wildman–Crippen MR) is 203 cm³/mol. The molecule has 4 aliphatic carbocycles. The van der Waals surface area contributed by atoms with Gasteiger partial charge in [-0.05, 0) is 110 Å². The molecule has 0 aliphatic heterocycles. The van der Waals surface area contributed by atoms with Gasteiger partial charge in [0.1, 0.15) is 11.3 Å². The first-order valence-electron chi connectivity index (χ1n) is 19.1. The van der Waals surface area contributed by atoms with Gasteiger partial charge in [-0.25, -0.2) is 0 Å². The Kier molecular flexibility index (Phi) is 13.4. The highest BCUT2D eigenvalue weighted by Gasteiger charge is 2.61. The van der Waals surface area contributed by atoms with Gasteiger partial charge >= 0.3 is 0 Å². The summed E-state index contributed by atoms with van der Waals surface area (Å²) < 4.78 is 0. The van der Waals surface area contributed by atoms with E-state index in [9.17, 15) is 14.4 Å². The summed E-state index contributed by atoms with van der Waals surface area (Å²) in [5.74, 6) is 3.77. The van der Waals surface area contributed by atoms with Gasteiger partial charge in [0.05, 0.1) is 6.04 Å². The maximum Gasteiger partial charge on any atom is 0.235 e. The Morgan fingerprint density at radius 1 is 1.02 bits per heavy atom. The first kappa shape index (κ1) is 39.5. The van der Waals surface area contributed by atoms with Crippen LogP contribution in [0.25, 0.3) is 0 Å². The number of hydrogen-bond acceptors (Lipinski definition) is 5. The molecule has 6 unspecified atom stereocenters. The molecule has 4 rings (SSSR count). The predicted octanol–water partition coefficient (Wildman–Crippen LogP) is 7.74. The molecule has 272 valence electrons. The number of nitrogens with two attached hydrogens (primary N) is 1. The molecule has 0 heterocycles. The van der Waals surface area contributed by atoms with Gasteiger partial charge in [0.25, 0.3) is 0 Å². The van der Waals surface area contributed by atoms with Crippen molar-refractivity contribution in [2.75, 3.05) is 13.1 Å². The number of allylic oxidation sites excluding steroid dienone is 2. The van der Waals surface area contributed by atoms with Crippen LogP contribution < -0.4 is 16.4 Å². The van der Waals surface area contributed by atoms with E-state index in [1.54, 1.807) is 0 Å². The van der Waals surface area contributed by atoms with Crippen molar-refractivity contribution in [3.63, 3.8) is 0 Å². The molecule has 0 aromatic rings. The van der Waals surface area contributed by atoms with Crippen LogP contribution in [0.4, 0.5) is 0 Å².